The lowest BCUT2D eigenvalue weighted by molar-refractivity contribution is -0.380. The molecule has 0 spiro atoms. The van der Waals surface area contributed by atoms with Gasteiger partial charge in [0.15, 0.2) is 4.80 Å². The van der Waals surface area contributed by atoms with Crippen LogP contribution in [-0.2, 0) is 7.05 Å². The molecule has 0 aliphatic rings. The van der Waals surface area contributed by atoms with Crippen LogP contribution in [0.2, 0.25) is 0 Å². The van der Waals surface area contributed by atoms with E-state index in [2.05, 4.69) is 4.99 Å². The van der Waals surface area contributed by atoms with E-state index in [-0.39, 0.29) is 9.88 Å². The standard InChI is InChI=1S/C17H11N3O3S2/c1-19-15-11-5-3-2-4-10(11)6-7-12(15)25-17(19)18-16(21)13-8-9-14(24-13)20(22)23/h2-9H,1H3. The summed E-state index contributed by atoms with van der Waals surface area (Å²) >= 11 is 2.26. The Morgan fingerprint density at radius 1 is 1.12 bits per heavy atom. The van der Waals surface area contributed by atoms with Gasteiger partial charge in [0.25, 0.3) is 5.91 Å². The second kappa shape index (κ2) is 5.91. The number of fused-ring (bicyclic) bond motifs is 3. The monoisotopic (exact) mass is 369 g/mol. The summed E-state index contributed by atoms with van der Waals surface area (Å²) in [5.41, 5.74) is 1.02. The summed E-state index contributed by atoms with van der Waals surface area (Å²) in [5, 5.41) is 12.9. The molecule has 0 radical (unpaired) electrons. The van der Waals surface area contributed by atoms with Gasteiger partial charge in [-0.3, -0.25) is 14.9 Å². The molecule has 2 aromatic carbocycles. The van der Waals surface area contributed by atoms with E-state index < -0.39 is 10.8 Å². The maximum atomic E-state index is 12.4. The van der Waals surface area contributed by atoms with E-state index in [0.29, 0.717) is 4.80 Å². The zero-order valence-corrected chi connectivity index (χ0v) is 14.6. The molecule has 0 aliphatic heterocycles. The summed E-state index contributed by atoms with van der Waals surface area (Å²) in [6, 6.07) is 14.9. The number of aryl methyl sites for hydroxylation is 1. The van der Waals surface area contributed by atoms with Crippen molar-refractivity contribution in [3.63, 3.8) is 0 Å². The van der Waals surface area contributed by atoms with Crippen molar-refractivity contribution >= 4 is 54.6 Å². The molecule has 0 atom stereocenters. The van der Waals surface area contributed by atoms with Crippen LogP contribution in [0.25, 0.3) is 21.0 Å². The third kappa shape index (κ3) is 2.65. The molecule has 1 amide bonds. The molecule has 4 aromatic rings. The summed E-state index contributed by atoms with van der Waals surface area (Å²) in [4.78, 5) is 27.6. The summed E-state index contributed by atoms with van der Waals surface area (Å²) in [7, 11) is 1.87. The first-order chi connectivity index (χ1) is 12.0. The predicted octanol–water partition coefficient (Wildman–Crippen LogP) is 4.10. The first kappa shape index (κ1) is 15.7. The fourth-order valence-electron chi connectivity index (χ4n) is 2.71. The number of hydrogen-bond acceptors (Lipinski definition) is 5. The third-order valence-electron chi connectivity index (χ3n) is 3.87. The van der Waals surface area contributed by atoms with Gasteiger partial charge in [-0.15, -0.1) is 0 Å². The van der Waals surface area contributed by atoms with Gasteiger partial charge in [-0.2, -0.15) is 4.99 Å². The van der Waals surface area contributed by atoms with Crippen molar-refractivity contribution in [2.45, 2.75) is 0 Å². The van der Waals surface area contributed by atoms with E-state index in [9.17, 15) is 14.9 Å². The molecule has 0 bridgehead atoms. The van der Waals surface area contributed by atoms with Gasteiger partial charge >= 0.3 is 5.00 Å². The van der Waals surface area contributed by atoms with Crippen LogP contribution in [0.3, 0.4) is 0 Å². The van der Waals surface area contributed by atoms with Crippen LogP contribution in [0.5, 0.6) is 0 Å². The van der Waals surface area contributed by atoms with Crippen molar-refractivity contribution in [2.24, 2.45) is 12.0 Å². The number of carbonyl (C=O) groups is 1. The molecule has 8 heteroatoms. The number of hydrogen-bond donors (Lipinski definition) is 0. The normalized spacial score (nSPS) is 12.1. The van der Waals surface area contributed by atoms with E-state index >= 15 is 0 Å². The lowest BCUT2D eigenvalue weighted by Gasteiger charge is -2.01. The molecule has 0 N–H and O–H groups in total. The Bertz CT molecular complexity index is 1220. The average molecular weight is 369 g/mol. The Labute approximate surface area is 149 Å². The fraction of sp³-hybridized carbons (Fsp3) is 0.0588. The second-order valence-electron chi connectivity index (χ2n) is 5.39. The van der Waals surface area contributed by atoms with Crippen molar-refractivity contribution in [3.05, 3.63) is 68.3 Å². The molecule has 0 aliphatic carbocycles. The third-order valence-corrected chi connectivity index (χ3v) is 5.99. The highest BCUT2D eigenvalue weighted by atomic mass is 32.1. The Morgan fingerprint density at radius 2 is 1.92 bits per heavy atom. The van der Waals surface area contributed by atoms with Gasteiger partial charge in [0.05, 0.1) is 15.1 Å². The van der Waals surface area contributed by atoms with Crippen LogP contribution in [-0.4, -0.2) is 15.4 Å². The number of nitro groups is 1. The van der Waals surface area contributed by atoms with E-state index in [4.69, 9.17) is 0 Å². The highest BCUT2D eigenvalue weighted by Gasteiger charge is 2.15. The van der Waals surface area contributed by atoms with Crippen LogP contribution in [0.1, 0.15) is 9.67 Å². The Morgan fingerprint density at radius 3 is 2.68 bits per heavy atom. The highest BCUT2D eigenvalue weighted by Crippen LogP contribution is 2.27. The van der Waals surface area contributed by atoms with E-state index in [1.165, 1.54) is 23.5 Å². The zero-order chi connectivity index (χ0) is 17.6. The molecular weight excluding hydrogens is 358 g/mol. The van der Waals surface area contributed by atoms with Gasteiger partial charge in [0, 0.05) is 18.5 Å². The Kier molecular flexibility index (Phi) is 3.70. The molecule has 0 fully saturated rings. The summed E-state index contributed by atoms with van der Waals surface area (Å²) < 4.78 is 2.92. The number of amides is 1. The second-order valence-corrected chi connectivity index (χ2v) is 7.46. The minimum absolute atomic E-state index is 0.0646. The molecule has 4 rings (SSSR count). The molecular formula is C17H11N3O3S2. The number of thiophene rings is 1. The maximum absolute atomic E-state index is 12.4. The number of carbonyl (C=O) groups excluding carboxylic acids is 1. The molecule has 0 saturated heterocycles. The van der Waals surface area contributed by atoms with E-state index in [1.54, 1.807) is 0 Å². The van der Waals surface area contributed by atoms with Gasteiger partial charge in [-0.05, 0) is 17.5 Å². The molecule has 25 heavy (non-hydrogen) atoms. The van der Waals surface area contributed by atoms with E-state index in [0.717, 1.165) is 32.3 Å². The predicted molar refractivity (Wildman–Crippen MR) is 99.2 cm³/mol. The molecule has 0 saturated carbocycles. The van der Waals surface area contributed by atoms with Crippen molar-refractivity contribution < 1.29 is 9.72 Å². The van der Waals surface area contributed by atoms with Gasteiger partial charge in [-0.25, -0.2) is 0 Å². The lowest BCUT2D eigenvalue weighted by atomic mass is 10.1. The van der Waals surface area contributed by atoms with Crippen molar-refractivity contribution in [2.75, 3.05) is 0 Å². The summed E-state index contributed by atoms with van der Waals surface area (Å²) in [5.74, 6) is -0.468. The largest absolute Gasteiger partial charge is 0.324 e. The average Bonchev–Trinajstić information content (AvgIpc) is 3.21. The number of rotatable bonds is 2. The van der Waals surface area contributed by atoms with Crippen LogP contribution < -0.4 is 4.80 Å². The van der Waals surface area contributed by atoms with Crippen molar-refractivity contribution in [1.82, 2.24) is 4.57 Å². The molecule has 2 aromatic heterocycles. The van der Waals surface area contributed by atoms with Gasteiger partial charge < -0.3 is 4.57 Å². The minimum atomic E-state index is -0.507. The molecule has 6 nitrogen and oxygen atoms in total. The van der Waals surface area contributed by atoms with Crippen molar-refractivity contribution in [1.29, 1.82) is 0 Å². The van der Waals surface area contributed by atoms with Crippen LogP contribution in [0.4, 0.5) is 5.00 Å². The van der Waals surface area contributed by atoms with Gasteiger partial charge in [0.2, 0.25) is 0 Å². The Balaban J connectivity index is 1.87. The smallest absolute Gasteiger partial charge is 0.319 e. The first-order valence-electron chi connectivity index (χ1n) is 7.35. The van der Waals surface area contributed by atoms with E-state index in [1.807, 2.05) is 48.0 Å². The van der Waals surface area contributed by atoms with Crippen LogP contribution >= 0.6 is 22.7 Å². The highest BCUT2D eigenvalue weighted by molar-refractivity contribution is 7.17. The van der Waals surface area contributed by atoms with Crippen LogP contribution in [0.15, 0.2) is 53.5 Å². The zero-order valence-electron chi connectivity index (χ0n) is 13.0. The first-order valence-corrected chi connectivity index (χ1v) is 8.98. The number of benzene rings is 2. The fourth-order valence-corrected chi connectivity index (χ4v) is 4.44. The number of thiazole rings is 1. The topological polar surface area (TPSA) is 77.5 Å². The summed E-state index contributed by atoms with van der Waals surface area (Å²) in [6.45, 7) is 0. The van der Waals surface area contributed by atoms with Crippen LogP contribution in [0, 0.1) is 10.1 Å². The lowest BCUT2D eigenvalue weighted by Crippen LogP contribution is -2.12. The maximum Gasteiger partial charge on any atom is 0.324 e. The Hall–Kier alpha value is -2.84. The number of nitrogens with zero attached hydrogens (tertiary/aromatic N) is 3. The van der Waals surface area contributed by atoms with Crippen molar-refractivity contribution in [3.8, 4) is 0 Å². The SMILES string of the molecule is Cn1c(=NC(=O)c2ccc([N+](=O)[O-])s2)sc2ccc3ccccc3c21. The molecule has 124 valence electrons. The summed E-state index contributed by atoms with van der Waals surface area (Å²) in [6.07, 6.45) is 0. The minimum Gasteiger partial charge on any atom is -0.319 e. The van der Waals surface area contributed by atoms with Gasteiger partial charge in [-0.1, -0.05) is 53.0 Å². The van der Waals surface area contributed by atoms with Gasteiger partial charge in [0.1, 0.15) is 4.88 Å². The number of aromatic nitrogens is 1. The quantitative estimate of drug-likeness (QED) is 0.394. The molecule has 0 unspecified atom stereocenters. The molecule has 2 heterocycles.